The lowest BCUT2D eigenvalue weighted by Crippen LogP contribution is -2.45. The number of piperidine rings is 1. The van der Waals surface area contributed by atoms with Crippen LogP contribution in [0.4, 0.5) is 0 Å². The van der Waals surface area contributed by atoms with Crippen molar-refractivity contribution in [2.75, 3.05) is 32.7 Å². The predicted molar refractivity (Wildman–Crippen MR) is 124 cm³/mol. The minimum atomic E-state index is -0.452. The van der Waals surface area contributed by atoms with Gasteiger partial charge in [0.15, 0.2) is 0 Å². The molecule has 32 heavy (non-hydrogen) atoms. The van der Waals surface area contributed by atoms with Gasteiger partial charge in [-0.15, -0.1) is 0 Å². The molecule has 6 heteroatoms. The fraction of sp³-hybridized carbons (Fsp3) is 0.692. The molecule has 1 unspecified atom stereocenters. The zero-order valence-electron chi connectivity index (χ0n) is 20.0. The van der Waals surface area contributed by atoms with E-state index < -0.39 is 5.41 Å². The van der Waals surface area contributed by atoms with Gasteiger partial charge < -0.3 is 14.7 Å². The van der Waals surface area contributed by atoms with Gasteiger partial charge in [0.25, 0.3) is 5.91 Å². The first-order valence-electron chi connectivity index (χ1n) is 12.3. The van der Waals surface area contributed by atoms with Gasteiger partial charge in [-0.1, -0.05) is 33.8 Å². The summed E-state index contributed by atoms with van der Waals surface area (Å²) in [4.78, 5) is 30.4. The summed E-state index contributed by atoms with van der Waals surface area (Å²) in [7, 11) is 0. The fourth-order valence-corrected chi connectivity index (χ4v) is 5.53. The molecule has 0 saturated carbocycles. The van der Waals surface area contributed by atoms with Crippen LogP contribution in [0.25, 0.3) is 0 Å². The van der Waals surface area contributed by atoms with E-state index in [4.69, 9.17) is 4.74 Å². The molecule has 3 saturated heterocycles. The van der Waals surface area contributed by atoms with Gasteiger partial charge in [-0.25, -0.2) is 0 Å². The van der Waals surface area contributed by atoms with Crippen molar-refractivity contribution in [3.05, 3.63) is 28.8 Å². The van der Waals surface area contributed by atoms with Crippen LogP contribution in [0.5, 0.6) is 5.75 Å². The van der Waals surface area contributed by atoms with Crippen molar-refractivity contribution in [1.82, 2.24) is 9.80 Å². The van der Waals surface area contributed by atoms with Crippen LogP contribution in [-0.4, -0.2) is 65.6 Å². The smallest absolute Gasteiger partial charge is 0.312 e. The van der Waals surface area contributed by atoms with Crippen molar-refractivity contribution < 1.29 is 19.4 Å². The number of nitrogens with zero attached hydrogens (tertiary/aromatic N) is 2. The van der Waals surface area contributed by atoms with E-state index in [1.54, 1.807) is 4.90 Å². The molecule has 6 nitrogen and oxygen atoms in total. The summed E-state index contributed by atoms with van der Waals surface area (Å²) in [5.74, 6) is 0.277. The summed E-state index contributed by atoms with van der Waals surface area (Å²) in [5, 5.41) is 10.9. The van der Waals surface area contributed by atoms with E-state index in [9.17, 15) is 14.7 Å². The number of benzene rings is 1. The Labute approximate surface area is 191 Å². The molecule has 0 aliphatic carbocycles. The zero-order valence-corrected chi connectivity index (χ0v) is 20.0. The highest BCUT2D eigenvalue weighted by Crippen LogP contribution is 2.44. The van der Waals surface area contributed by atoms with E-state index in [2.05, 4.69) is 18.7 Å². The first kappa shape index (κ1) is 23.1. The molecule has 1 atom stereocenters. The molecule has 3 heterocycles. The van der Waals surface area contributed by atoms with Crippen LogP contribution in [0, 0.1) is 5.41 Å². The number of cyclic esters (lactones) is 1. The van der Waals surface area contributed by atoms with Gasteiger partial charge in [-0.2, -0.15) is 0 Å². The summed E-state index contributed by atoms with van der Waals surface area (Å²) in [6, 6.07) is 3.86. The van der Waals surface area contributed by atoms with E-state index in [1.807, 2.05) is 26.0 Å². The molecule has 0 bridgehead atoms. The molecule has 1 aromatic carbocycles. The lowest BCUT2D eigenvalue weighted by Gasteiger charge is -2.37. The van der Waals surface area contributed by atoms with Gasteiger partial charge in [0.05, 0.1) is 11.0 Å². The van der Waals surface area contributed by atoms with Crippen LogP contribution in [0.3, 0.4) is 0 Å². The van der Waals surface area contributed by atoms with Crippen molar-refractivity contribution in [3.63, 3.8) is 0 Å². The molecule has 1 N–H and O–H groups in total. The molecule has 3 aliphatic heterocycles. The Morgan fingerprint density at radius 1 is 1.09 bits per heavy atom. The SMILES string of the molecule is CC(C)c1cc(C(=O)N2CCC3(CC2)CC(CN2CCCC2)OC3=O)c(O)c(C(C)C)c1. The van der Waals surface area contributed by atoms with Crippen LogP contribution in [-0.2, 0) is 9.53 Å². The van der Waals surface area contributed by atoms with Gasteiger partial charge >= 0.3 is 5.97 Å². The molecule has 1 amide bonds. The number of rotatable bonds is 5. The minimum Gasteiger partial charge on any atom is -0.507 e. The maximum absolute atomic E-state index is 13.4. The van der Waals surface area contributed by atoms with Crippen molar-refractivity contribution >= 4 is 11.9 Å². The highest BCUT2D eigenvalue weighted by atomic mass is 16.6. The number of carbonyl (C=O) groups is 2. The largest absolute Gasteiger partial charge is 0.507 e. The fourth-order valence-electron chi connectivity index (χ4n) is 5.53. The standard InChI is InChI=1S/C26H38N2O4/c1-17(2)19-13-21(18(3)4)23(29)22(14-19)24(30)28-11-7-26(8-12-28)15-20(32-25(26)31)16-27-9-5-6-10-27/h13-14,17-18,20,29H,5-12,15-16H2,1-4H3. The number of amides is 1. The molecular formula is C26H38N2O4. The average Bonchev–Trinajstić information content (AvgIpc) is 3.36. The van der Waals surface area contributed by atoms with Gasteiger partial charge in [0.1, 0.15) is 11.9 Å². The molecule has 0 radical (unpaired) electrons. The van der Waals surface area contributed by atoms with E-state index in [-0.39, 0.29) is 35.6 Å². The molecular weight excluding hydrogens is 404 g/mol. The quantitative estimate of drug-likeness (QED) is 0.690. The highest BCUT2D eigenvalue weighted by molar-refractivity contribution is 5.98. The van der Waals surface area contributed by atoms with Crippen molar-refractivity contribution in [3.8, 4) is 5.75 Å². The number of carbonyl (C=O) groups excluding carboxylic acids is 2. The third-order valence-electron chi connectivity index (χ3n) is 7.67. The van der Waals surface area contributed by atoms with Crippen molar-refractivity contribution in [2.45, 2.75) is 77.7 Å². The lowest BCUT2D eigenvalue weighted by atomic mass is 9.76. The van der Waals surface area contributed by atoms with Crippen molar-refractivity contribution in [1.29, 1.82) is 0 Å². The maximum atomic E-state index is 13.4. The number of ether oxygens (including phenoxy) is 1. The second-order valence-corrected chi connectivity index (χ2v) is 10.6. The minimum absolute atomic E-state index is 0.0248. The van der Waals surface area contributed by atoms with Gasteiger partial charge in [-0.3, -0.25) is 14.5 Å². The predicted octanol–water partition coefficient (Wildman–Crippen LogP) is 4.27. The van der Waals surface area contributed by atoms with Crippen LogP contribution >= 0.6 is 0 Å². The Kier molecular flexibility index (Phi) is 6.53. The van der Waals surface area contributed by atoms with Crippen LogP contribution in [0.2, 0.25) is 0 Å². The Morgan fingerprint density at radius 2 is 1.75 bits per heavy atom. The number of phenolic OH excluding ortho intramolecular Hbond substituents is 1. The van der Waals surface area contributed by atoms with Gasteiger partial charge in [-0.05, 0) is 67.8 Å². The molecule has 3 aliphatic rings. The summed E-state index contributed by atoms with van der Waals surface area (Å²) in [5.41, 5.74) is 1.81. The maximum Gasteiger partial charge on any atom is 0.312 e. The molecule has 4 rings (SSSR count). The first-order chi connectivity index (χ1) is 15.2. The highest BCUT2D eigenvalue weighted by Gasteiger charge is 2.51. The second kappa shape index (κ2) is 9.05. The number of aromatic hydroxyl groups is 1. The molecule has 1 aromatic rings. The van der Waals surface area contributed by atoms with E-state index in [0.717, 1.165) is 37.2 Å². The number of phenols is 1. The lowest BCUT2D eigenvalue weighted by molar-refractivity contribution is -0.151. The Bertz CT molecular complexity index is 865. The van der Waals surface area contributed by atoms with E-state index >= 15 is 0 Å². The normalized spacial score (nSPS) is 23.5. The van der Waals surface area contributed by atoms with Crippen LogP contribution < -0.4 is 0 Å². The Hall–Kier alpha value is -2.08. The second-order valence-electron chi connectivity index (χ2n) is 10.6. The Balaban J connectivity index is 1.45. The van der Waals surface area contributed by atoms with Crippen LogP contribution in [0.1, 0.15) is 93.1 Å². The Morgan fingerprint density at radius 3 is 2.34 bits per heavy atom. The average molecular weight is 443 g/mol. The molecule has 0 aromatic heterocycles. The van der Waals surface area contributed by atoms with Gasteiger partial charge in [0.2, 0.25) is 0 Å². The summed E-state index contributed by atoms with van der Waals surface area (Å²) < 4.78 is 5.78. The van der Waals surface area contributed by atoms with Crippen LogP contribution in [0.15, 0.2) is 12.1 Å². The zero-order chi connectivity index (χ0) is 23.0. The number of esters is 1. The third-order valence-corrected chi connectivity index (χ3v) is 7.67. The number of hydrogen-bond acceptors (Lipinski definition) is 5. The summed E-state index contributed by atoms with van der Waals surface area (Å²) in [6.07, 6.45) is 4.46. The monoisotopic (exact) mass is 442 g/mol. The van der Waals surface area contributed by atoms with E-state index in [0.29, 0.717) is 31.5 Å². The third kappa shape index (κ3) is 4.39. The van der Waals surface area contributed by atoms with Gasteiger partial charge in [0, 0.05) is 26.1 Å². The molecule has 1 spiro atoms. The summed E-state index contributed by atoms with van der Waals surface area (Å²) >= 11 is 0. The molecule has 176 valence electrons. The van der Waals surface area contributed by atoms with E-state index in [1.165, 1.54) is 12.8 Å². The topological polar surface area (TPSA) is 70.1 Å². The number of likely N-dealkylation sites (tertiary alicyclic amines) is 2. The van der Waals surface area contributed by atoms with Crippen molar-refractivity contribution in [2.24, 2.45) is 5.41 Å². The first-order valence-corrected chi connectivity index (χ1v) is 12.3. The molecule has 3 fully saturated rings. The summed E-state index contributed by atoms with van der Waals surface area (Å²) in [6.45, 7) is 12.3. The number of hydrogen-bond donors (Lipinski definition) is 1.